The van der Waals surface area contributed by atoms with Crippen LogP contribution in [0, 0.1) is 0 Å². The highest BCUT2D eigenvalue weighted by molar-refractivity contribution is 6.01. The number of hydrogen-bond donors (Lipinski definition) is 0. The summed E-state index contributed by atoms with van der Waals surface area (Å²) in [7, 11) is 0. The third-order valence-corrected chi connectivity index (χ3v) is 15.4. The Bertz CT molecular complexity index is 3680. The van der Waals surface area contributed by atoms with E-state index in [0.717, 1.165) is 17.1 Å². The van der Waals surface area contributed by atoms with Gasteiger partial charge in [-0.05, 0) is 156 Å². The van der Waals surface area contributed by atoms with E-state index in [0.29, 0.717) is 0 Å². The Balaban J connectivity index is 0.957. The van der Waals surface area contributed by atoms with Gasteiger partial charge in [-0.15, -0.1) is 0 Å². The van der Waals surface area contributed by atoms with Crippen molar-refractivity contribution in [2.45, 2.75) is 38.5 Å². The Labute approximate surface area is 411 Å². The van der Waals surface area contributed by atoms with Crippen LogP contribution >= 0.6 is 0 Å². The van der Waals surface area contributed by atoms with E-state index < -0.39 is 0 Å². The summed E-state index contributed by atoms with van der Waals surface area (Å²) >= 11 is 0. The number of benzene rings is 11. The average molecular weight is 897 g/mol. The predicted octanol–water partition coefficient (Wildman–Crippen LogP) is 18.9. The van der Waals surface area contributed by atoms with Crippen molar-refractivity contribution in [1.29, 1.82) is 0 Å². The van der Waals surface area contributed by atoms with Crippen molar-refractivity contribution in [3.05, 3.63) is 265 Å². The van der Waals surface area contributed by atoms with Crippen LogP contribution in [0.25, 0.3) is 66.1 Å². The fraction of sp³-hybridized carbons (Fsp3) is 0.0882. The summed E-state index contributed by atoms with van der Waals surface area (Å²) in [6, 6.07) is 89.8. The minimum atomic E-state index is -0.287. The van der Waals surface area contributed by atoms with E-state index in [1.54, 1.807) is 0 Å². The smallest absolute Gasteiger partial charge is 0.0544 e. The molecule has 0 unspecified atom stereocenters. The van der Waals surface area contributed by atoms with Gasteiger partial charge in [-0.3, -0.25) is 0 Å². The summed E-state index contributed by atoms with van der Waals surface area (Å²) in [5, 5.41) is 4.84. The lowest BCUT2D eigenvalue weighted by atomic mass is 9.65. The Hall–Kier alpha value is -8.46. The molecule has 2 aliphatic heterocycles. The summed E-state index contributed by atoms with van der Waals surface area (Å²) < 4.78 is 0. The molecular formula is C68H52N2. The van der Waals surface area contributed by atoms with Gasteiger partial charge in [0.25, 0.3) is 0 Å². The van der Waals surface area contributed by atoms with Crippen LogP contribution in [0.15, 0.2) is 243 Å². The zero-order chi connectivity index (χ0) is 47.1. The van der Waals surface area contributed by atoms with Gasteiger partial charge in [-0.2, -0.15) is 0 Å². The molecule has 0 radical (unpaired) electrons. The van der Waals surface area contributed by atoms with Gasteiger partial charge in [0.05, 0.1) is 22.7 Å². The summed E-state index contributed by atoms with van der Waals surface area (Å²) in [6.07, 6.45) is 0. The van der Waals surface area contributed by atoms with Crippen molar-refractivity contribution in [3.63, 3.8) is 0 Å². The van der Waals surface area contributed by atoms with Crippen LogP contribution in [0.3, 0.4) is 0 Å². The molecule has 0 bridgehead atoms. The van der Waals surface area contributed by atoms with Crippen LogP contribution in [-0.2, 0) is 10.8 Å². The normalized spacial score (nSPS) is 13.9. The second-order valence-electron chi connectivity index (χ2n) is 20.2. The van der Waals surface area contributed by atoms with E-state index in [1.807, 2.05) is 0 Å². The van der Waals surface area contributed by atoms with Crippen LogP contribution in [0.1, 0.15) is 49.9 Å². The first-order valence-corrected chi connectivity index (χ1v) is 24.6. The summed E-state index contributed by atoms with van der Waals surface area (Å²) in [5.74, 6) is 0. The lowest BCUT2D eigenvalue weighted by Gasteiger charge is -2.50. The second kappa shape index (κ2) is 16.1. The Morgan fingerprint density at radius 3 is 1.33 bits per heavy atom. The molecule has 0 aliphatic carbocycles. The molecule has 0 N–H and O–H groups in total. The van der Waals surface area contributed by atoms with E-state index in [9.17, 15) is 0 Å². The zero-order valence-electron chi connectivity index (χ0n) is 40.0. The zero-order valence-corrected chi connectivity index (χ0v) is 40.0. The standard InChI is InChI=1S/C68H52N2/c1-67(2)59-41-53(46-19-10-6-11-20-46)32-37-64(59)70-65-38-33-54(47-21-12-7-13-22-47)42-60(65)68(3,4)62-44-55(43-61(67)66(62)70)51-27-28-52-40-57(36-31-50(52)39-51)69(63-26-16-24-49-23-14-15-25-58(49)63)56-34-29-48(30-35-56)45-17-8-5-9-18-45/h5-44H,1-4H3. The maximum Gasteiger partial charge on any atom is 0.0544 e. The molecule has 2 heteroatoms. The number of hydrogen-bond acceptors (Lipinski definition) is 2. The van der Waals surface area contributed by atoms with Crippen molar-refractivity contribution >= 4 is 55.7 Å². The van der Waals surface area contributed by atoms with Crippen LogP contribution in [0.4, 0.5) is 34.1 Å². The van der Waals surface area contributed by atoms with Crippen LogP contribution in [0.5, 0.6) is 0 Å². The monoisotopic (exact) mass is 896 g/mol. The van der Waals surface area contributed by atoms with Gasteiger partial charge in [0.1, 0.15) is 0 Å². The van der Waals surface area contributed by atoms with E-state index in [2.05, 4.69) is 280 Å². The van der Waals surface area contributed by atoms with Gasteiger partial charge >= 0.3 is 0 Å². The molecule has 2 heterocycles. The third kappa shape index (κ3) is 6.70. The van der Waals surface area contributed by atoms with Crippen molar-refractivity contribution in [3.8, 4) is 44.5 Å². The minimum Gasteiger partial charge on any atom is -0.310 e. The fourth-order valence-electron chi connectivity index (χ4n) is 11.6. The van der Waals surface area contributed by atoms with Gasteiger partial charge in [0, 0.05) is 27.6 Å². The SMILES string of the molecule is CC1(C)c2cc(-c3ccccc3)ccc2N2c3ccc(-c4ccccc4)cc3C(C)(C)c3cc(-c4ccc5cc(N(c6ccc(-c7ccccc7)cc6)c6cccc7ccccc67)ccc5c4)cc1c32. The van der Waals surface area contributed by atoms with Crippen molar-refractivity contribution in [2.75, 3.05) is 9.80 Å². The average Bonchev–Trinajstić information content (AvgIpc) is 3.41. The maximum absolute atomic E-state index is 2.58. The van der Waals surface area contributed by atoms with E-state index >= 15 is 0 Å². The topological polar surface area (TPSA) is 6.48 Å². The Morgan fingerprint density at radius 1 is 0.300 bits per heavy atom. The van der Waals surface area contributed by atoms with Crippen molar-refractivity contribution in [2.24, 2.45) is 0 Å². The van der Waals surface area contributed by atoms with Gasteiger partial charge in [0.2, 0.25) is 0 Å². The molecule has 0 atom stereocenters. The van der Waals surface area contributed by atoms with Gasteiger partial charge in [0.15, 0.2) is 0 Å². The highest BCUT2D eigenvalue weighted by Crippen LogP contribution is 2.61. The molecule has 0 aromatic heterocycles. The highest BCUT2D eigenvalue weighted by Gasteiger charge is 2.46. The molecule has 0 spiro atoms. The van der Waals surface area contributed by atoms with Gasteiger partial charge < -0.3 is 9.80 Å². The highest BCUT2D eigenvalue weighted by atomic mass is 15.2. The summed E-state index contributed by atoms with van der Waals surface area (Å²) in [4.78, 5) is 4.99. The molecule has 0 saturated heterocycles. The van der Waals surface area contributed by atoms with Gasteiger partial charge in [-0.25, -0.2) is 0 Å². The van der Waals surface area contributed by atoms with Gasteiger partial charge in [-0.1, -0.05) is 198 Å². The minimum absolute atomic E-state index is 0.287. The third-order valence-electron chi connectivity index (χ3n) is 15.4. The molecule has 70 heavy (non-hydrogen) atoms. The number of anilines is 6. The molecule has 0 amide bonds. The molecule has 11 aromatic rings. The molecule has 0 fully saturated rings. The largest absolute Gasteiger partial charge is 0.310 e. The number of rotatable bonds is 7. The summed E-state index contributed by atoms with van der Waals surface area (Å²) in [6.45, 7) is 9.71. The Morgan fingerprint density at radius 2 is 0.729 bits per heavy atom. The van der Waals surface area contributed by atoms with E-state index in [1.165, 1.54) is 105 Å². The molecule has 2 nitrogen and oxygen atoms in total. The fourth-order valence-corrected chi connectivity index (χ4v) is 11.6. The van der Waals surface area contributed by atoms with Crippen molar-refractivity contribution in [1.82, 2.24) is 0 Å². The molecule has 11 aromatic carbocycles. The number of fused-ring (bicyclic) bond motifs is 6. The first-order chi connectivity index (χ1) is 34.2. The lowest BCUT2D eigenvalue weighted by Crippen LogP contribution is -2.38. The molecule has 13 rings (SSSR count). The molecular weight excluding hydrogens is 845 g/mol. The molecule has 334 valence electrons. The predicted molar refractivity (Wildman–Crippen MR) is 297 cm³/mol. The van der Waals surface area contributed by atoms with Crippen molar-refractivity contribution < 1.29 is 0 Å². The first-order valence-electron chi connectivity index (χ1n) is 24.6. The van der Waals surface area contributed by atoms with E-state index in [4.69, 9.17) is 0 Å². The quantitative estimate of drug-likeness (QED) is 0.157. The Kier molecular flexibility index (Phi) is 9.58. The molecule has 0 saturated carbocycles. The number of nitrogens with zero attached hydrogens (tertiary/aromatic N) is 2. The maximum atomic E-state index is 2.58. The second-order valence-corrected chi connectivity index (χ2v) is 20.2. The first kappa shape index (κ1) is 41.7. The summed E-state index contributed by atoms with van der Waals surface area (Å²) in [5.41, 5.74) is 21.8. The lowest BCUT2D eigenvalue weighted by molar-refractivity contribution is 0.598. The van der Waals surface area contributed by atoms with Crippen LogP contribution in [-0.4, -0.2) is 0 Å². The molecule has 2 aliphatic rings. The van der Waals surface area contributed by atoms with Crippen LogP contribution in [0.2, 0.25) is 0 Å². The van der Waals surface area contributed by atoms with E-state index in [-0.39, 0.29) is 10.8 Å². The van der Waals surface area contributed by atoms with Crippen LogP contribution < -0.4 is 9.80 Å².